The number of pyridine rings is 1. The zero-order valence-corrected chi connectivity index (χ0v) is 12.4. The molecule has 0 aromatic carbocycles. The first kappa shape index (κ1) is 13.7. The summed E-state index contributed by atoms with van der Waals surface area (Å²) in [4.78, 5) is 19.0. The van der Waals surface area contributed by atoms with Crippen LogP contribution in [-0.2, 0) is 6.54 Å². The molecular formula is C16H20N4O. The zero-order chi connectivity index (χ0) is 14.8. The second kappa shape index (κ2) is 5.60. The Bertz CT molecular complexity index is 649. The van der Waals surface area contributed by atoms with E-state index in [1.54, 1.807) is 19.3 Å². The second-order valence-corrected chi connectivity index (χ2v) is 5.23. The largest absolute Gasteiger partial charge is 0.373 e. The fourth-order valence-corrected chi connectivity index (χ4v) is 3.00. The Morgan fingerprint density at radius 3 is 3.05 bits per heavy atom. The number of nitrogens with one attached hydrogen (secondary N) is 1. The third-order valence-electron chi connectivity index (χ3n) is 4.07. The minimum atomic E-state index is 0.0770. The van der Waals surface area contributed by atoms with Crippen molar-refractivity contribution in [3.63, 3.8) is 0 Å². The van der Waals surface area contributed by atoms with Crippen molar-refractivity contribution in [3.8, 4) is 0 Å². The summed E-state index contributed by atoms with van der Waals surface area (Å²) < 4.78 is 2.24. The van der Waals surface area contributed by atoms with Crippen molar-refractivity contribution in [2.24, 2.45) is 0 Å². The van der Waals surface area contributed by atoms with Crippen LogP contribution in [0.5, 0.6) is 0 Å². The molecule has 110 valence electrons. The highest BCUT2D eigenvalue weighted by Crippen LogP contribution is 2.30. The van der Waals surface area contributed by atoms with Gasteiger partial charge in [0.15, 0.2) is 0 Å². The molecule has 2 aromatic rings. The van der Waals surface area contributed by atoms with Crippen LogP contribution in [0.25, 0.3) is 0 Å². The molecule has 1 N–H and O–H groups in total. The molecule has 0 saturated carbocycles. The monoisotopic (exact) mass is 284 g/mol. The number of carbonyl (C=O) groups is 1. The van der Waals surface area contributed by atoms with E-state index < -0.39 is 0 Å². The number of hydrogen-bond donors (Lipinski definition) is 1. The summed E-state index contributed by atoms with van der Waals surface area (Å²) in [5.41, 5.74) is 1.91. The number of rotatable bonds is 3. The van der Waals surface area contributed by atoms with E-state index in [1.165, 1.54) is 5.69 Å². The lowest BCUT2D eigenvalue weighted by Crippen LogP contribution is -2.41. The Morgan fingerprint density at radius 2 is 2.29 bits per heavy atom. The van der Waals surface area contributed by atoms with Crippen molar-refractivity contribution < 1.29 is 4.79 Å². The summed E-state index contributed by atoms with van der Waals surface area (Å²) in [5.74, 6) is 0.794. The molecule has 3 rings (SSSR count). The average molecular weight is 284 g/mol. The topological polar surface area (TPSA) is 50.2 Å². The number of nitrogens with zero attached hydrogens (tertiary/aromatic N) is 3. The van der Waals surface area contributed by atoms with Crippen molar-refractivity contribution in [3.05, 3.63) is 47.9 Å². The van der Waals surface area contributed by atoms with E-state index in [4.69, 9.17) is 0 Å². The molecule has 0 bridgehead atoms. The number of amides is 1. The predicted octanol–water partition coefficient (Wildman–Crippen LogP) is 2.53. The van der Waals surface area contributed by atoms with Gasteiger partial charge in [-0.15, -0.1) is 0 Å². The first-order valence-corrected chi connectivity index (χ1v) is 7.34. The Labute approximate surface area is 124 Å². The lowest BCUT2D eigenvalue weighted by molar-refractivity contribution is 0.0618. The molecule has 2 aromatic heterocycles. The van der Waals surface area contributed by atoms with E-state index in [2.05, 4.69) is 40.1 Å². The Morgan fingerprint density at radius 1 is 1.43 bits per heavy atom. The summed E-state index contributed by atoms with van der Waals surface area (Å²) in [6.07, 6.45) is 4.68. The second-order valence-electron chi connectivity index (χ2n) is 5.23. The SMILES string of the molecule is CC[C@H]1c2cccn2CCN1C(=O)c1ccnc(NC)c1. The van der Waals surface area contributed by atoms with Crippen LogP contribution in [0.15, 0.2) is 36.7 Å². The van der Waals surface area contributed by atoms with E-state index in [0.29, 0.717) is 11.4 Å². The number of hydrogen-bond acceptors (Lipinski definition) is 3. The maximum absolute atomic E-state index is 12.8. The van der Waals surface area contributed by atoms with Gasteiger partial charge in [-0.1, -0.05) is 6.92 Å². The minimum absolute atomic E-state index is 0.0770. The van der Waals surface area contributed by atoms with Gasteiger partial charge >= 0.3 is 0 Å². The summed E-state index contributed by atoms with van der Waals surface area (Å²) >= 11 is 0. The van der Waals surface area contributed by atoms with E-state index in [9.17, 15) is 4.79 Å². The molecule has 1 amide bonds. The molecular weight excluding hydrogens is 264 g/mol. The summed E-state index contributed by atoms with van der Waals surface area (Å²) in [7, 11) is 1.80. The molecule has 0 saturated heterocycles. The van der Waals surface area contributed by atoms with Crippen LogP contribution >= 0.6 is 0 Å². The molecule has 0 fully saturated rings. The zero-order valence-electron chi connectivity index (χ0n) is 12.4. The number of carbonyl (C=O) groups excluding carboxylic acids is 1. The third kappa shape index (κ3) is 2.39. The standard InChI is InChI=1S/C16H20N4O/c1-3-13-14-5-4-8-19(14)9-10-20(13)16(21)12-6-7-18-15(11-12)17-2/h4-8,11,13H,3,9-10H2,1-2H3,(H,17,18)/t13-/m0/s1. The van der Waals surface area contributed by atoms with Gasteiger partial charge in [-0.25, -0.2) is 4.98 Å². The number of fused-ring (bicyclic) bond motifs is 1. The van der Waals surface area contributed by atoms with E-state index in [1.807, 2.05) is 11.0 Å². The molecule has 3 heterocycles. The minimum Gasteiger partial charge on any atom is -0.373 e. The van der Waals surface area contributed by atoms with Crippen molar-refractivity contribution in [2.45, 2.75) is 25.9 Å². The average Bonchev–Trinajstić information content (AvgIpc) is 3.01. The highest BCUT2D eigenvalue weighted by Gasteiger charge is 2.30. The first-order chi connectivity index (χ1) is 10.2. The van der Waals surface area contributed by atoms with Gasteiger partial charge in [0, 0.05) is 43.8 Å². The van der Waals surface area contributed by atoms with Crippen LogP contribution in [0, 0.1) is 0 Å². The third-order valence-corrected chi connectivity index (χ3v) is 4.07. The molecule has 1 atom stereocenters. The highest BCUT2D eigenvalue weighted by molar-refractivity contribution is 5.95. The predicted molar refractivity (Wildman–Crippen MR) is 82.3 cm³/mol. The highest BCUT2D eigenvalue weighted by atomic mass is 16.2. The van der Waals surface area contributed by atoms with Crippen molar-refractivity contribution >= 4 is 11.7 Å². The van der Waals surface area contributed by atoms with Crippen molar-refractivity contribution in [1.29, 1.82) is 0 Å². The summed E-state index contributed by atoms with van der Waals surface area (Å²) in [6.45, 7) is 3.73. The van der Waals surface area contributed by atoms with Gasteiger partial charge in [-0.05, 0) is 30.7 Å². The normalized spacial score (nSPS) is 17.4. The van der Waals surface area contributed by atoms with Gasteiger partial charge in [-0.2, -0.15) is 0 Å². The van der Waals surface area contributed by atoms with Crippen LogP contribution in [0.4, 0.5) is 5.82 Å². The Balaban J connectivity index is 1.90. The van der Waals surface area contributed by atoms with Crippen LogP contribution in [-0.4, -0.2) is 34.0 Å². The van der Waals surface area contributed by atoms with E-state index in [0.717, 1.165) is 19.5 Å². The maximum Gasteiger partial charge on any atom is 0.254 e. The molecule has 0 aliphatic carbocycles. The van der Waals surface area contributed by atoms with Crippen LogP contribution in [0.1, 0.15) is 35.4 Å². The van der Waals surface area contributed by atoms with Gasteiger partial charge in [0.1, 0.15) is 5.82 Å². The van der Waals surface area contributed by atoms with Gasteiger partial charge in [0.2, 0.25) is 0 Å². The van der Waals surface area contributed by atoms with Crippen LogP contribution < -0.4 is 5.32 Å². The smallest absolute Gasteiger partial charge is 0.254 e. The summed E-state index contributed by atoms with van der Waals surface area (Å²) in [6, 6.07) is 7.90. The molecule has 5 heteroatoms. The summed E-state index contributed by atoms with van der Waals surface area (Å²) in [5, 5.41) is 2.98. The van der Waals surface area contributed by atoms with Crippen molar-refractivity contribution in [2.75, 3.05) is 18.9 Å². The van der Waals surface area contributed by atoms with Gasteiger partial charge in [0.25, 0.3) is 5.91 Å². The Kier molecular flexibility index (Phi) is 3.64. The molecule has 21 heavy (non-hydrogen) atoms. The van der Waals surface area contributed by atoms with E-state index >= 15 is 0 Å². The molecule has 0 radical (unpaired) electrons. The molecule has 1 aliphatic heterocycles. The van der Waals surface area contributed by atoms with Crippen molar-refractivity contribution in [1.82, 2.24) is 14.5 Å². The molecule has 1 aliphatic rings. The van der Waals surface area contributed by atoms with Crippen LogP contribution in [0.3, 0.4) is 0 Å². The molecule has 0 unspecified atom stereocenters. The number of aromatic nitrogens is 2. The van der Waals surface area contributed by atoms with E-state index in [-0.39, 0.29) is 11.9 Å². The quantitative estimate of drug-likeness (QED) is 0.942. The fraction of sp³-hybridized carbons (Fsp3) is 0.375. The van der Waals surface area contributed by atoms with Gasteiger partial charge in [0.05, 0.1) is 6.04 Å². The lowest BCUT2D eigenvalue weighted by Gasteiger charge is -2.36. The first-order valence-electron chi connectivity index (χ1n) is 7.34. The maximum atomic E-state index is 12.8. The fourth-order valence-electron chi connectivity index (χ4n) is 3.00. The van der Waals surface area contributed by atoms with Gasteiger partial charge in [-0.3, -0.25) is 4.79 Å². The Hall–Kier alpha value is -2.30. The lowest BCUT2D eigenvalue weighted by atomic mass is 10.1. The van der Waals surface area contributed by atoms with Crippen LogP contribution in [0.2, 0.25) is 0 Å². The molecule has 5 nitrogen and oxygen atoms in total. The molecule has 0 spiro atoms. The number of anilines is 1. The van der Waals surface area contributed by atoms with Gasteiger partial charge < -0.3 is 14.8 Å².